The first kappa shape index (κ1) is 22.2. The van der Waals surface area contributed by atoms with Crippen LogP contribution in [0.2, 0.25) is 0 Å². The maximum Gasteiger partial charge on any atom is 0.254 e. The van der Waals surface area contributed by atoms with Crippen LogP contribution in [0.15, 0.2) is 18.3 Å². The number of hydrogen-bond acceptors (Lipinski definition) is 5. The van der Waals surface area contributed by atoms with Crippen molar-refractivity contribution in [2.75, 3.05) is 57.3 Å². The molecule has 27 heavy (non-hydrogen) atoms. The number of piperazine rings is 1. The summed E-state index contributed by atoms with van der Waals surface area (Å²) < 4.78 is 0. The fourth-order valence-corrected chi connectivity index (χ4v) is 4.32. The Bertz CT molecular complexity index is 626. The molecule has 1 amide bonds. The van der Waals surface area contributed by atoms with Gasteiger partial charge in [0.05, 0.1) is 0 Å². The van der Waals surface area contributed by atoms with E-state index in [4.69, 9.17) is 0 Å². The number of rotatable bonds is 3. The van der Waals surface area contributed by atoms with Crippen LogP contribution in [0.3, 0.4) is 0 Å². The van der Waals surface area contributed by atoms with Crippen LogP contribution in [-0.4, -0.2) is 79.1 Å². The fraction of sp³-hybridized carbons (Fsp3) is 0.684. The molecule has 0 aromatic carbocycles. The molecule has 2 unspecified atom stereocenters. The maximum absolute atomic E-state index is 13.0. The van der Waals surface area contributed by atoms with E-state index in [-0.39, 0.29) is 30.7 Å². The highest BCUT2D eigenvalue weighted by Crippen LogP contribution is 2.24. The molecule has 0 radical (unpaired) electrons. The van der Waals surface area contributed by atoms with Gasteiger partial charge in [0.2, 0.25) is 0 Å². The lowest BCUT2D eigenvalue weighted by molar-refractivity contribution is 0.0773. The van der Waals surface area contributed by atoms with Crippen molar-refractivity contribution in [3.8, 4) is 0 Å². The number of likely N-dealkylation sites (tertiary alicyclic amines) is 1. The summed E-state index contributed by atoms with van der Waals surface area (Å²) in [5, 5.41) is 3.40. The van der Waals surface area contributed by atoms with Crippen molar-refractivity contribution in [1.29, 1.82) is 0 Å². The molecule has 1 aromatic heterocycles. The van der Waals surface area contributed by atoms with Crippen LogP contribution in [0, 0.1) is 5.92 Å². The van der Waals surface area contributed by atoms with E-state index in [1.54, 1.807) is 6.20 Å². The Kier molecular flexibility index (Phi) is 8.16. The average molecular weight is 416 g/mol. The van der Waals surface area contributed by atoms with Crippen LogP contribution >= 0.6 is 24.8 Å². The minimum Gasteiger partial charge on any atom is -0.356 e. The molecular weight excluding hydrogens is 385 g/mol. The van der Waals surface area contributed by atoms with Crippen molar-refractivity contribution in [3.05, 3.63) is 23.9 Å². The number of amides is 1. The molecule has 1 aromatic rings. The van der Waals surface area contributed by atoms with Gasteiger partial charge in [0, 0.05) is 70.2 Å². The molecule has 6 nitrogen and oxygen atoms in total. The quantitative estimate of drug-likeness (QED) is 0.816. The number of halogens is 2. The Morgan fingerprint density at radius 1 is 1.11 bits per heavy atom. The highest BCUT2D eigenvalue weighted by atomic mass is 35.5. The first-order chi connectivity index (χ1) is 12.2. The highest BCUT2D eigenvalue weighted by molar-refractivity contribution is 5.95. The molecule has 4 heterocycles. The van der Waals surface area contributed by atoms with Gasteiger partial charge in [-0.05, 0) is 30.9 Å². The second-order valence-electron chi connectivity index (χ2n) is 7.72. The summed E-state index contributed by atoms with van der Waals surface area (Å²) >= 11 is 0. The van der Waals surface area contributed by atoms with E-state index in [9.17, 15) is 4.79 Å². The lowest BCUT2D eigenvalue weighted by Gasteiger charge is -2.32. The molecule has 3 aliphatic heterocycles. The molecule has 4 rings (SSSR count). The van der Waals surface area contributed by atoms with Gasteiger partial charge in [-0.25, -0.2) is 4.98 Å². The Labute approximate surface area is 174 Å². The number of nitrogens with zero attached hydrogens (tertiary/aromatic N) is 4. The van der Waals surface area contributed by atoms with Crippen LogP contribution < -0.4 is 10.2 Å². The Morgan fingerprint density at radius 3 is 2.59 bits per heavy atom. The second kappa shape index (κ2) is 9.92. The molecule has 1 N–H and O–H groups in total. The summed E-state index contributed by atoms with van der Waals surface area (Å²) in [6.07, 6.45) is 4.08. The van der Waals surface area contributed by atoms with Gasteiger partial charge in [-0.3, -0.25) is 9.69 Å². The third kappa shape index (κ3) is 5.05. The summed E-state index contributed by atoms with van der Waals surface area (Å²) in [7, 11) is 0. The third-order valence-electron chi connectivity index (χ3n) is 5.86. The first-order valence-electron chi connectivity index (χ1n) is 9.66. The van der Waals surface area contributed by atoms with Crippen molar-refractivity contribution in [2.24, 2.45) is 5.92 Å². The van der Waals surface area contributed by atoms with Crippen LogP contribution in [0.4, 0.5) is 5.82 Å². The zero-order valence-electron chi connectivity index (χ0n) is 16.0. The summed E-state index contributed by atoms with van der Waals surface area (Å²) in [5.74, 6) is 1.82. The van der Waals surface area contributed by atoms with Crippen LogP contribution in [0.5, 0.6) is 0 Å². The van der Waals surface area contributed by atoms with Gasteiger partial charge in [-0.2, -0.15) is 0 Å². The number of hydrogen-bond donors (Lipinski definition) is 1. The predicted molar refractivity (Wildman–Crippen MR) is 113 cm³/mol. The van der Waals surface area contributed by atoms with E-state index in [0.717, 1.165) is 70.2 Å². The van der Waals surface area contributed by atoms with E-state index in [1.165, 1.54) is 6.42 Å². The largest absolute Gasteiger partial charge is 0.356 e. The van der Waals surface area contributed by atoms with Crippen molar-refractivity contribution >= 4 is 36.5 Å². The van der Waals surface area contributed by atoms with Gasteiger partial charge in [-0.1, -0.05) is 6.92 Å². The molecule has 3 aliphatic rings. The topological polar surface area (TPSA) is 51.7 Å². The van der Waals surface area contributed by atoms with Gasteiger partial charge in [0.1, 0.15) is 5.82 Å². The molecule has 0 saturated carbocycles. The maximum atomic E-state index is 13.0. The van der Waals surface area contributed by atoms with Gasteiger partial charge in [0.15, 0.2) is 0 Å². The molecule has 2 atom stereocenters. The van der Waals surface area contributed by atoms with Crippen LogP contribution in [-0.2, 0) is 0 Å². The third-order valence-corrected chi connectivity index (χ3v) is 5.86. The average Bonchev–Trinajstić information content (AvgIpc) is 3.31. The zero-order valence-corrected chi connectivity index (χ0v) is 17.6. The van der Waals surface area contributed by atoms with Crippen molar-refractivity contribution in [3.63, 3.8) is 0 Å². The highest BCUT2D eigenvalue weighted by Gasteiger charge is 2.31. The SMILES string of the molecule is CC1CCN(c2cc(C(=O)N3CCC(N4CCNCC4)C3)ccn2)C1.Cl.Cl. The Hall–Kier alpha value is -1.08. The van der Waals surface area contributed by atoms with Crippen LogP contribution in [0.25, 0.3) is 0 Å². The first-order valence-corrected chi connectivity index (χ1v) is 9.66. The summed E-state index contributed by atoms with van der Waals surface area (Å²) in [4.78, 5) is 24.3. The minimum absolute atomic E-state index is 0. The van der Waals surface area contributed by atoms with Crippen molar-refractivity contribution < 1.29 is 4.79 Å². The van der Waals surface area contributed by atoms with E-state index >= 15 is 0 Å². The monoisotopic (exact) mass is 415 g/mol. The summed E-state index contributed by atoms with van der Waals surface area (Å²) in [6, 6.07) is 4.37. The number of carbonyl (C=O) groups excluding carboxylic acids is 1. The van der Waals surface area contributed by atoms with Crippen LogP contribution in [0.1, 0.15) is 30.1 Å². The molecule has 152 valence electrons. The number of pyridine rings is 1. The van der Waals surface area contributed by atoms with Gasteiger partial charge >= 0.3 is 0 Å². The summed E-state index contributed by atoms with van der Waals surface area (Å²) in [6.45, 7) is 10.4. The molecule has 8 heteroatoms. The normalized spacial score (nSPS) is 25.8. The van der Waals surface area contributed by atoms with Crippen molar-refractivity contribution in [1.82, 2.24) is 20.1 Å². The summed E-state index contributed by atoms with van der Waals surface area (Å²) in [5.41, 5.74) is 0.783. The molecule has 3 fully saturated rings. The number of carbonyl (C=O) groups is 1. The smallest absolute Gasteiger partial charge is 0.254 e. The fourth-order valence-electron chi connectivity index (χ4n) is 4.32. The van der Waals surface area contributed by atoms with E-state index < -0.39 is 0 Å². The molecule has 0 aliphatic carbocycles. The minimum atomic E-state index is 0. The number of anilines is 1. The van der Waals surface area contributed by atoms with E-state index in [2.05, 4.69) is 27.0 Å². The lowest BCUT2D eigenvalue weighted by Crippen LogP contribution is -2.49. The lowest BCUT2D eigenvalue weighted by atomic mass is 10.2. The standard InChI is InChI=1S/C19H29N5O.2ClH/c1-15-3-8-23(13-15)18-12-16(2-5-21-18)19(25)24-9-4-17(14-24)22-10-6-20-7-11-22;;/h2,5,12,15,17,20H,3-4,6-11,13-14H2,1H3;2*1H. The van der Waals surface area contributed by atoms with Gasteiger partial charge < -0.3 is 15.1 Å². The molecule has 0 spiro atoms. The predicted octanol–water partition coefficient (Wildman–Crippen LogP) is 1.89. The number of nitrogens with one attached hydrogen (secondary N) is 1. The molecular formula is C19H31Cl2N5O. The number of aromatic nitrogens is 1. The van der Waals surface area contributed by atoms with E-state index in [0.29, 0.717) is 12.0 Å². The molecule has 3 saturated heterocycles. The Balaban J connectivity index is 0.00000131. The van der Waals surface area contributed by atoms with Crippen molar-refractivity contribution in [2.45, 2.75) is 25.8 Å². The zero-order chi connectivity index (χ0) is 17.2. The van der Waals surface area contributed by atoms with Gasteiger partial charge in [0.25, 0.3) is 5.91 Å². The van der Waals surface area contributed by atoms with E-state index in [1.807, 2.05) is 17.0 Å². The second-order valence-corrected chi connectivity index (χ2v) is 7.72. The Morgan fingerprint density at radius 2 is 1.89 bits per heavy atom. The van der Waals surface area contributed by atoms with Gasteiger partial charge in [-0.15, -0.1) is 24.8 Å². The molecule has 0 bridgehead atoms.